The van der Waals surface area contributed by atoms with Crippen molar-refractivity contribution in [1.29, 1.82) is 0 Å². The molecule has 0 spiro atoms. The molecule has 2 N–H and O–H groups in total. The van der Waals surface area contributed by atoms with Crippen molar-refractivity contribution >= 4 is 11.9 Å². The summed E-state index contributed by atoms with van der Waals surface area (Å²) < 4.78 is 36.5. The summed E-state index contributed by atoms with van der Waals surface area (Å²) in [7, 11) is 0. The van der Waals surface area contributed by atoms with Crippen LogP contribution in [0, 0.1) is 17.8 Å². The number of ether oxygens (including phenoxy) is 6. The van der Waals surface area contributed by atoms with Crippen molar-refractivity contribution in [2.75, 3.05) is 65.9 Å². The largest absolute Gasteiger partial charge is 0.466 e. The second kappa shape index (κ2) is 65.0. The Morgan fingerprint density at radius 2 is 0.835 bits per heavy atom. The topological polar surface area (TPSA) is 133 Å². The van der Waals surface area contributed by atoms with Gasteiger partial charge in [-0.05, 0) is 140 Å². The summed E-state index contributed by atoms with van der Waals surface area (Å²) in [5.41, 5.74) is 0. The van der Waals surface area contributed by atoms with E-state index in [2.05, 4.69) is 132 Å². The molecule has 0 fully saturated rings. The predicted molar refractivity (Wildman–Crippen MR) is 359 cm³/mol. The second-order valence-corrected chi connectivity index (χ2v) is 23.5. The summed E-state index contributed by atoms with van der Waals surface area (Å²) in [6.07, 6.45) is 64.5. The van der Waals surface area contributed by atoms with Gasteiger partial charge in [0, 0.05) is 26.1 Å². The van der Waals surface area contributed by atoms with Crippen LogP contribution >= 0.6 is 0 Å². The lowest BCUT2D eigenvalue weighted by atomic mass is 9.84. The van der Waals surface area contributed by atoms with Crippen molar-refractivity contribution in [2.24, 2.45) is 17.8 Å². The number of rotatable bonds is 63. The van der Waals surface area contributed by atoms with E-state index in [0.717, 1.165) is 154 Å². The van der Waals surface area contributed by atoms with Crippen LogP contribution in [0.1, 0.15) is 260 Å². The van der Waals surface area contributed by atoms with E-state index in [1.54, 1.807) is 0 Å². The van der Waals surface area contributed by atoms with E-state index in [1.165, 1.54) is 51.4 Å². The summed E-state index contributed by atoms with van der Waals surface area (Å²) in [4.78, 5) is 28.4. The van der Waals surface area contributed by atoms with Crippen LogP contribution in [0.4, 0.5) is 0 Å². The molecule has 0 saturated heterocycles. The first-order chi connectivity index (χ1) is 41.6. The number of hydrogen-bond acceptors (Lipinski definition) is 11. The molecule has 11 nitrogen and oxygen atoms in total. The zero-order valence-corrected chi connectivity index (χ0v) is 55.7. The van der Waals surface area contributed by atoms with Gasteiger partial charge in [-0.1, -0.05) is 229 Å². The fourth-order valence-corrected chi connectivity index (χ4v) is 9.46. The van der Waals surface area contributed by atoms with E-state index in [4.69, 9.17) is 28.4 Å². The lowest BCUT2D eigenvalue weighted by Crippen LogP contribution is -2.28. The minimum Gasteiger partial charge on any atom is -0.466 e. The normalized spacial score (nSPS) is 14.1. The van der Waals surface area contributed by atoms with E-state index < -0.39 is 12.6 Å². The van der Waals surface area contributed by atoms with E-state index in [-0.39, 0.29) is 55.9 Å². The number of carbonyl (C=O) groups excluding carboxylic acids is 2. The zero-order valence-electron chi connectivity index (χ0n) is 55.7. The summed E-state index contributed by atoms with van der Waals surface area (Å²) in [6, 6.07) is 0. The first-order valence-electron chi connectivity index (χ1n) is 34.6. The number of hydrogen-bond donors (Lipinski definition) is 2. The molecule has 0 bridgehead atoms. The first kappa shape index (κ1) is 81.6. The Morgan fingerprint density at radius 1 is 0.435 bits per heavy atom. The van der Waals surface area contributed by atoms with Gasteiger partial charge in [0.1, 0.15) is 0 Å². The molecule has 0 aliphatic carbocycles. The molecule has 0 radical (unpaired) electrons. The van der Waals surface area contributed by atoms with Crippen LogP contribution < -0.4 is 0 Å². The average molecular weight is 1190 g/mol. The number of esters is 2. The number of nitrogens with zero attached hydrogens (tertiary/aromatic N) is 1. The minimum absolute atomic E-state index is 0.159. The van der Waals surface area contributed by atoms with Crippen LogP contribution in [0.25, 0.3) is 0 Å². The number of carbonyl (C=O) groups is 2. The highest BCUT2D eigenvalue weighted by atomic mass is 16.7. The molecule has 0 aromatic rings. The monoisotopic (exact) mass is 1190 g/mol. The lowest BCUT2D eigenvalue weighted by molar-refractivity contribution is -0.168. The Bertz CT molecular complexity index is 1670. The van der Waals surface area contributed by atoms with E-state index >= 15 is 0 Å². The predicted octanol–water partition coefficient (Wildman–Crippen LogP) is 18.8. The Kier molecular flexibility index (Phi) is 62.4. The average Bonchev–Trinajstić information content (AvgIpc) is 3.56. The highest BCUT2D eigenvalue weighted by Gasteiger charge is 2.24. The highest BCUT2D eigenvalue weighted by molar-refractivity contribution is 5.69. The van der Waals surface area contributed by atoms with Crippen molar-refractivity contribution < 1.29 is 48.2 Å². The maximum atomic E-state index is 13.2. The van der Waals surface area contributed by atoms with Crippen molar-refractivity contribution in [3.63, 3.8) is 0 Å². The van der Waals surface area contributed by atoms with E-state index in [9.17, 15) is 19.8 Å². The standard InChI is InChI=1S/C74H131NO10/c1-8-12-16-20-24-28-34-46-62-82-73(83-63-47-35-29-25-21-17-13-9-2)54-52-71(78)80-60-44-37-32-40-56-75(58-42-43-59-76)57-41-33-38-45-61-81-72(79)53-55-74(84-64-48-36-30-26-22-18-14-10-3)85-70(49-39-31-27-23-19-15-11-4)65-68(7)69(66-77)51-50-67(5)6/h20-27,34-36,39,46-49,67-70,73-74,76-77H,8-19,28-33,37-38,40-45,50-66H2,1-7H3/b24-20-,25-21-,26-22-,27-23-,46-34-,47-35-,48-36-,49-39-. The Labute approximate surface area is 522 Å². The molecule has 0 aromatic heterocycles. The first-order valence-corrected chi connectivity index (χ1v) is 34.6. The van der Waals surface area contributed by atoms with Gasteiger partial charge in [-0.3, -0.25) is 9.59 Å². The van der Waals surface area contributed by atoms with Crippen LogP contribution in [-0.2, 0) is 38.0 Å². The van der Waals surface area contributed by atoms with Gasteiger partial charge in [0.25, 0.3) is 0 Å². The van der Waals surface area contributed by atoms with E-state index in [0.29, 0.717) is 51.8 Å². The van der Waals surface area contributed by atoms with Crippen molar-refractivity contribution in [1.82, 2.24) is 4.90 Å². The summed E-state index contributed by atoms with van der Waals surface area (Å²) in [5, 5.41) is 19.8. The fraction of sp³-hybridized carbons (Fsp3) is 0.757. The van der Waals surface area contributed by atoms with Gasteiger partial charge in [-0.15, -0.1) is 0 Å². The van der Waals surface area contributed by atoms with Crippen molar-refractivity contribution in [2.45, 2.75) is 279 Å². The number of aliphatic hydroxyl groups is 2. The lowest BCUT2D eigenvalue weighted by Gasteiger charge is -2.28. The maximum absolute atomic E-state index is 13.2. The van der Waals surface area contributed by atoms with Crippen LogP contribution in [0.15, 0.2) is 97.2 Å². The quantitative estimate of drug-likeness (QED) is 0.0261. The van der Waals surface area contributed by atoms with Gasteiger partial charge in [0.2, 0.25) is 0 Å². The zero-order chi connectivity index (χ0) is 62.2. The molecule has 0 rings (SSSR count). The minimum atomic E-state index is -0.583. The van der Waals surface area contributed by atoms with Crippen LogP contribution in [0.2, 0.25) is 0 Å². The molecule has 85 heavy (non-hydrogen) atoms. The molecular weight excluding hydrogens is 1060 g/mol. The van der Waals surface area contributed by atoms with Crippen molar-refractivity contribution in [3.8, 4) is 0 Å². The third kappa shape index (κ3) is 58.1. The number of unbranched alkanes of at least 4 members (excludes halogenated alkanes) is 15. The molecule has 492 valence electrons. The Balaban J connectivity index is 5.10. The summed E-state index contributed by atoms with van der Waals surface area (Å²) in [6.45, 7) is 21.0. The smallest absolute Gasteiger partial charge is 0.305 e. The molecule has 11 heteroatoms. The molecule has 0 aromatic carbocycles. The third-order valence-corrected chi connectivity index (χ3v) is 15.0. The molecule has 0 saturated carbocycles. The molecular formula is C74H131NO10. The van der Waals surface area contributed by atoms with Crippen molar-refractivity contribution in [3.05, 3.63) is 97.2 Å². The van der Waals surface area contributed by atoms with Crippen LogP contribution in [-0.4, -0.2) is 112 Å². The number of aliphatic hydroxyl groups excluding tert-OH is 2. The molecule has 0 heterocycles. The summed E-state index contributed by atoms with van der Waals surface area (Å²) >= 11 is 0. The maximum Gasteiger partial charge on any atom is 0.305 e. The van der Waals surface area contributed by atoms with Gasteiger partial charge in [-0.25, -0.2) is 0 Å². The van der Waals surface area contributed by atoms with Gasteiger partial charge in [0.05, 0.1) is 52.0 Å². The SMILES string of the molecule is CCCC/C=C\C/C=C\COC(CCC(=O)OCCCCCCN(CCCCO)CCCCCCOC(=O)CCC(OC/C=C\C/C=C\CCCC)OC(/C=C\C/C=C\CCCC)CC(C)C(CO)CCC(C)C)OC/C=C\C/C=C\CCCC. The second-order valence-electron chi connectivity index (χ2n) is 23.5. The summed E-state index contributed by atoms with van der Waals surface area (Å²) in [5.74, 6) is 0.573. The fourth-order valence-electron chi connectivity index (χ4n) is 9.46. The Hall–Kier alpha value is -3.42. The molecule has 4 unspecified atom stereocenters. The molecule has 0 aliphatic rings. The van der Waals surface area contributed by atoms with Gasteiger partial charge < -0.3 is 43.5 Å². The van der Waals surface area contributed by atoms with Gasteiger partial charge in [0.15, 0.2) is 12.6 Å². The molecule has 0 amide bonds. The van der Waals surface area contributed by atoms with Crippen LogP contribution in [0.5, 0.6) is 0 Å². The van der Waals surface area contributed by atoms with Gasteiger partial charge in [-0.2, -0.15) is 0 Å². The molecule has 4 atom stereocenters. The third-order valence-electron chi connectivity index (χ3n) is 15.0. The van der Waals surface area contributed by atoms with Crippen LogP contribution in [0.3, 0.4) is 0 Å². The molecule has 0 aliphatic heterocycles. The number of allylic oxidation sites excluding steroid dienone is 12. The van der Waals surface area contributed by atoms with E-state index in [1.807, 2.05) is 18.2 Å². The highest BCUT2D eigenvalue weighted by Crippen LogP contribution is 2.27. The Morgan fingerprint density at radius 3 is 1.26 bits per heavy atom. The van der Waals surface area contributed by atoms with Gasteiger partial charge >= 0.3 is 11.9 Å².